The molecule has 1 aromatic carbocycles. The number of hydrogen-bond donors (Lipinski definition) is 1. The molecule has 31 heavy (non-hydrogen) atoms. The Balaban J connectivity index is 2.43. The molecule has 1 aromatic heterocycles. The van der Waals surface area contributed by atoms with Gasteiger partial charge in [0.2, 0.25) is 0 Å². The van der Waals surface area contributed by atoms with Crippen LogP contribution >= 0.6 is 11.6 Å². The van der Waals surface area contributed by atoms with Crippen LogP contribution in [0.15, 0.2) is 65.2 Å². The number of nitrogens with one attached hydrogen (secondary N) is 1. The van der Waals surface area contributed by atoms with Crippen molar-refractivity contribution in [2.45, 2.75) is 40.7 Å². The highest BCUT2D eigenvalue weighted by molar-refractivity contribution is 6.32. The number of allylic oxidation sites excluding steroid dienone is 4. The standard InChI is InChI=1S/C24H28ClN3O3/c1-6-20-26-22(27-23(29)17(5)13-14-19(25)16(3)4)21(24(30)31-7-2)28(20)15-18-11-9-8-10-12-18/h8-14H,3,6-7,15H2,1-2,4-5H3,(H,27,29)/b17-13+,19-14+. The number of nitrogens with zero attached hydrogens (tertiary/aromatic N) is 2. The van der Waals surface area contributed by atoms with Crippen molar-refractivity contribution in [3.05, 3.63) is 82.3 Å². The highest BCUT2D eigenvalue weighted by atomic mass is 35.5. The van der Waals surface area contributed by atoms with E-state index in [0.717, 1.165) is 5.56 Å². The Bertz CT molecular complexity index is 1020. The van der Waals surface area contributed by atoms with E-state index in [-0.39, 0.29) is 24.0 Å². The lowest BCUT2D eigenvalue weighted by atomic mass is 10.2. The number of anilines is 1. The number of benzene rings is 1. The van der Waals surface area contributed by atoms with Crippen LogP contribution in [0.4, 0.5) is 5.82 Å². The molecule has 1 N–H and O–H groups in total. The molecule has 0 fully saturated rings. The maximum atomic E-state index is 12.8. The highest BCUT2D eigenvalue weighted by Gasteiger charge is 2.25. The molecule has 0 spiro atoms. The fourth-order valence-electron chi connectivity index (χ4n) is 2.82. The molecule has 0 atom stereocenters. The molecule has 0 radical (unpaired) electrons. The van der Waals surface area contributed by atoms with Gasteiger partial charge in [-0.3, -0.25) is 4.79 Å². The van der Waals surface area contributed by atoms with Gasteiger partial charge in [0.1, 0.15) is 5.82 Å². The largest absolute Gasteiger partial charge is 0.461 e. The van der Waals surface area contributed by atoms with Crippen molar-refractivity contribution < 1.29 is 14.3 Å². The minimum atomic E-state index is -0.534. The van der Waals surface area contributed by atoms with Gasteiger partial charge in [-0.2, -0.15) is 0 Å². The highest BCUT2D eigenvalue weighted by Crippen LogP contribution is 2.22. The fourth-order valence-corrected chi connectivity index (χ4v) is 2.88. The number of hydrogen-bond acceptors (Lipinski definition) is 4. The van der Waals surface area contributed by atoms with Gasteiger partial charge in [-0.25, -0.2) is 9.78 Å². The summed E-state index contributed by atoms with van der Waals surface area (Å²) in [6.45, 7) is 11.5. The third kappa shape index (κ3) is 6.43. The third-order valence-electron chi connectivity index (χ3n) is 4.49. The topological polar surface area (TPSA) is 73.2 Å². The Labute approximate surface area is 188 Å². The van der Waals surface area contributed by atoms with E-state index in [4.69, 9.17) is 16.3 Å². The molecule has 0 bridgehead atoms. The smallest absolute Gasteiger partial charge is 0.358 e. The zero-order valence-electron chi connectivity index (χ0n) is 18.4. The van der Waals surface area contributed by atoms with E-state index in [1.54, 1.807) is 37.5 Å². The number of ether oxygens (including phenoxy) is 1. The van der Waals surface area contributed by atoms with Crippen molar-refractivity contribution in [1.29, 1.82) is 0 Å². The molecule has 1 amide bonds. The molecule has 0 unspecified atom stereocenters. The first kappa shape index (κ1) is 24.2. The fraction of sp³-hybridized carbons (Fsp3) is 0.292. The number of rotatable bonds is 9. The zero-order chi connectivity index (χ0) is 23.0. The average Bonchev–Trinajstić information content (AvgIpc) is 3.09. The minimum Gasteiger partial charge on any atom is -0.461 e. The van der Waals surface area contributed by atoms with Gasteiger partial charge in [-0.05, 0) is 38.0 Å². The summed E-state index contributed by atoms with van der Waals surface area (Å²) in [6, 6.07) is 9.73. The number of amides is 1. The molecule has 6 nitrogen and oxygen atoms in total. The molecule has 164 valence electrons. The molecule has 0 aliphatic carbocycles. The van der Waals surface area contributed by atoms with Crippen LogP contribution in [0.3, 0.4) is 0 Å². The van der Waals surface area contributed by atoms with E-state index in [1.807, 2.05) is 37.3 Å². The van der Waals surface area contributed by atoms with Crippen LogP contribution in [-0.2, 0) is 22.5 Å². The summed E-state index contributed by atoms with van der Waals surface area (Å²) in [4.78, 5) is 30.0. The Morgan fingerprint density at radius 2 is 1.87 bits per heavy atom. The van der Waals surface area contributed by atoms with Crippen LogP contribution in [0.2, 0.25) is 0 Å². The van der Waals surface area contributed by atoms with E-state index in [0.29, 0.717) is 35.0 Å². The lowest BCUT2D eigenvalue weighted by Crippen LogP contribution is -2.19. The van der Waals surface area contributed by atoms with Gasteiger partial charge in [0.15, 0.2) is 11.5 Å². The first-order valence-corrected chi connectivity index (χ1v) is 10.5. The number of carbonyl (C=O) groups is 2. The van der Waals surface area contributed by atoms with E-state index in [2.05, 4.69) is 16.9 Å². The molecule has 0 aliphatic rings. The van der Waals surface area contributed by atoms with Gasteiger partial charge in [0.25, 0.3) is 5.91 Å². The molecular weight excluding hydrogens is 414 g/mol. The quantitative estimate of drug-likeness (QED) is 0.327. The van der Waals surface area contributed by atoms with Crippen molar-refractivity contribution in [3.63, 3.8) is 0 Å². The Morgan fingerprint density at radius 3 is 2.45 bits per heavy atom. The Hall–Kier alpha value is -3.12. The molecule has 2 rings (SSSR count). The van der Waals surface area contributed by atoms with Gasteiger partial charge in [0.05, 0.1) is 6.61 Å². The number of imidazole rings is 1. The summed E-state index contributed by atoms with van der Waals surface area (Å²) in [5.41, 5.74) is 2.33. The second-order valence-electron chi connectivity index (χ2n) is 6.97. The van der Waals surface area contributed by atoms with E-state index < -0.39 is 5.97 Å². The van der Waals surface area contributed by atoms with Crippen molar-refractivity contribution in [2.75, 3.05) is 11.9 Å². The predicted molar refractivity (Wildman–Crippen MR) is 124 cm³/mol. The van der Waals surface area contributed by atoms with Crippen molar-refractivity contribution >= 4 is 29.3 Å². The van der Waals surface area contributed by atoms with Gasteiger partial charge in [0, 0.05) is 23.6 Å². The van der Waals surface area contributed by atoms with Gasteiger partial charge >= 0.3 is 5.97 Å². The molecule has 1 heterocycles. The Morgan fingerprint density at radius 1 is 1.19 bits per heavy atom. The lowest BCUT2D eigenvalue weighted by molar-refractivity contribution is -0.112. The number of carbonyl (C=O) groups excluding carboxylic acids is 2. The second kappa shape index (κ2) is 11.3. The van der Waals surface area contributed by atoms with Crippen molar-refractivity contribution in [2.24, 2.45) is 0 Å². The second-order valence-corrected chi connectivity index (χ2v) is 7.38. The number of halogens is 1. The SMILES string of the molecule is C=C(C)/C(Cl)=C\C=C(/C)C(=O)Nc1nc(CC)n(Cc2ccccc2)c1C(=O)OCC. The Kier molecular flexibility index (Phi) is 8.82. The van der Waals surface area contributed by atoms with Crippen molar-refractivity contribution in [3.8, 4) is 0 Å². The maximum absolute atomic E-state index is 12.8. The molecule has 7 heteroatoms. The average molecular weight is 442 g/mol. The summed E-state index contributed by atoms with van der Waals surface area (Å²) >= 11 is 6.05. The van der Waals surface area contributed by atoms with Crippen LogP contribution in [-0.4, -0.2) is 28.0 Å². The predicted octanol–water partition coefficient (Wildman–Crippen LogP) is 5.25. The summed E-state index contributed by atoms with van der Waals surface area (Å²) in [5.74, 6) is -0.0687. The molecular formula is C24H28ClN3O3. The lowest BCUT2D eigenvalue weighted by Gasteiger charge is -2.12. The molecule has 0 aliphatic heterocycles. The van der Waals surface area contributed by atoms with Crippen LogP contribution in [0.5, 0.6) is 0 Å². The number of aromatic nitrogens is 2. The summed E-state index contributed by atoms with van der Waals surface area (Å²) in [7, 11) is 0. The van der Waals surface area contributed by atoms with Crippen LogP contribution in [0, 0.1) is 0 Å². The monoisotopic (exact) mass is 441 g/mol. The number of esters is 1. The molecule has 0 saturated heterocycles. The first-order valence-electron chi connectivity index (χ1n) is 10.1. The molecule has 0 saturated carbocycles. The maximum Gasteiger partial charge on any atom is 0.358 e. The van der Waals surface area contributed by atoms with E-state index in [9.17, 15) is 9.59 Å². The summed E-state index contributed by atoms with van der Waals surface area (Å²) in [6.07, 6.45) is 3.79. The van der Waals surface area contributed by atoms with Crippen LogP contribution in [0.1, 0.15) is 49.6 Å². The molecule has 2 aromatic rings. The van der Waals surface area contributed by atoms with E-state index >= 15 is 0 Å². The van der Waals surface area contributed by atoms with Gasteiger partial charge in [-0.1, -0.05) is 61.5 Å². The van der Waals surface area contributed by atoms with E-state index in [1.165, 1.54) is 0 Å². The van der Waals surface area contributed by atoms with Crippen LogP contribution in [0.25, 0.3) is 0 Å². The first-order chi connectivity index (χ1) is 14.8. The number of aryl methyl sites for hydroxylation is 1. The van der Waals surface area contributed by atoms with Crippen molar-refractivity contribution in [1.82, 2.24) is 9.55 Å². The summed E-state index contributed by atoms with van der Waals surface area (Å²) in [5, 5.41) is 3.21. The summed E-state index contributed by atoms with van der Waals surface area (Å²) < 4.78 is 7.04. The van der Waals surface area contributed by atoms with Gasteiger partial charge < -0.3 is 14.6 Å². The van der Waals surface area contributed by atoms with Crippen LogP contribution < -0.4 is 5.32 Å². The van der Waals surface area contributed by atoms with Gasteiger partial charge in [-0.15, -0.1) is 0 Å². The third-order valence-corrected chi connectivity index (χ3v) is 4.94. The zero-order valence-corrected chi connectivity index (χ0v) is 19.1. The normalized spacial score (nSPS) is 11.9. The minimum absolute atomic E-state index is 0.180.